The zero-order chi connectivity index (χ0) is 17.4. The Morgan fingerprint density at radius 1 is 1.19 bits per heavy atom. The number of halogens is 1. The van der Waals surface area contributed by atoms with Crippen LogP contribution in [0.1, 0.15) is 47.1 Å². The average molecular weight is 375 g/mol. The molecule has 0 radical (unpaired) electrons. The molecule has 5 nitrogen and oxygen atoms in total. The molecule has 1 aromatic heterocycles. The monoisotopic (exact) mass is 374 g/mol. The third-order valence-electron chi connectivity index (χ3n) is 5.32. The second-order valence-corrected chi connectivity index (χ2v) is 7.33. The molecule has 1 amide bonds. The van der Waals surface area contributed by atoms with Gasteiger partial charge in [0, 0.05) is 36.9 Å². The van der Waals surface area contributed by atoms with E-state index in [1.807, 2.05) is 9.58 Å². The van der Waals surface area contributed by atoms with Crippen LogP contribution >= 0.6 is 12.4 Å². The van der Waals surface area contributed by atoms with Gasteiger partial charge in [0.1, 0.15) is 0 Å². The summed E-state index contributed by atoms with van der Waals surface area (Å²) >= 11 is 0. The summed E-state index contributed by atoms with van der Waals surface area (Å²) < 4.78 is 2.01. The molecule has 2 aliphatic rings. The number of nitrogens with one attached hydrogen (secondary N) is 1. The fraction of sp³-hybridized carbons (Fsp3) is 0.500. The smallest absolute Gasteiger partial charge is 0.274 e. The van der Waals surface area contributed by atoms with E-state index in [2.05, 4.69) is 43.4 Å². The summed E-state index contributed by atoms with van der Waals surface area (Å²) in [5.74, 6) is 0.0948. The molecule has 2 aromatic rings. The highest BCUT2D eigenvalue weighted by atomic mass is 35.5. The molecule has 1 unspecified atom stereocenters. The van der Waals surface area contributed by atoms with Crippen LogP contribution in [0.5, 0.6) is 0 Å². The van der Waals surface area contributed by atoms with E-state index in [1.165, 1.54) is 23.2 Å². The van der Waals surface area contributed by atoms with Crippen molar-refractivity contribution in [3.63, 3.8) is 0 Å². The summed E-state index contributed by atoms with van der Waals surface area (Å²) in [6.45, 7) is 6.58. The van der Waals surface area contributed by atoms with Crippen molar-refractivity contribution >= 4 is 18.3 Å². The second kappa shape index (κ2) is 7.80. The molecule has 1 aromatic carbocycles. The van der Waals surface area contributed by atoms with E-state index in [4.69, 9.17) is 5.10 Å². The summed E-state index contributed by atoms with van der Waals surface area (Å²) in [5, 5.41) is 8.19. The highest BCUT2D eigenvalue weighted by Gasteiger charge is 2.30. The predicted octanol–water partition coefficient (Wildman–Crippen LogP) is 2.92. The van der Waals surface area contributed by atoms with Gasteiger partial charge in [-0.1, -0.05) is 17.7 Å². The lowest BCUT2D eigenvalue weighted by Crippen LogP contribution is -2.51. The number of hydrogen-bond donors (Lipinski definition) is 1. The summed E-state index contributed by atoms with van der Waals surface area (Å²) in [5.41, 5.74) is 5.35. The van der Waals surface area contributed by atoms with Crippen molar-refractivity contribution < 1.29 is 4.79 Å². The number of fused-ring (bicyclic) bond motifs is 1. The lowest BCUT2D eigenvalue weighted by atomic mass is 9.95. The van der Waals surface area contributed by atoms with Gasteiger partial charge in [-0.15, -0.1) is 12.4 Å². The Labute approximate surface area is 161 Å². The molecule has 1 fully saturated rings. The number of benzene rings is 1. The maximum absolute atomic E-state index is 13.1. The molecule has 0 saturated carbocycles. The number of amides is 1. The SMILES string of the molecule is Cc1ccc(-n2nc(C(=O)N3CCNC(C)C3)c3c2CCCC3)cc1.Cl. The van der Waals surface area contributed by atoms with Crippen molar-refractivity contribution in [3.05, 3.63) is 46.8 Å². The standard InChI is InChI=1S/C20H26N4O.ClH/c1-14-7-9-16(10-8-14)24-18-6-4-3-5-17(18)19(22-24)20(25)23-12-11-21-15(2)13-23;/h7-10,15,21H,3-6,11-13H2,1-2H3;1H. The average Bonchev–Trinajstić information content (AvgIpc) is 3.01. The normalized spacial score (nSPS) is 19.6. The molecule has 26 heavy (non-hydrogen) atoms. The highest BCUT2D eigenvalue weighted by Crippen LogP contribution is 2.28. The van der Waals surface area contributed by atoms with Crippen LogP contribution < -0.4 is 5.32 Å². The zero-order valence-electron chi connectivity index (χ0n) is 15.5. The van der Waals surface area contributed by atoms with E-state index in [0.29, 0.717) is 11.7 Å². The third-order valence-corrected chi connectivity index (χ3v) is 5.32. The molecule has 1 atom stereocenters. The molecule has 1 aliphatic heterocycles. The van der Waals surface area contributed by atoms with Crippen molar-refractivity contribution in [1.29, 1.82) is 0 Å². The number of carbonyl (C=O) groups excluding carboxylic acids is 1. The van der Waals surface area contributed by atoms with Crippen molar-refractivity contribution in [2.75, 3.05) is 19.6 Å². The Bertz CT molecular complexity index is 784. The number of rotatable bonds is 2. The van der Waals surface area contributed by atoms with Gasteiger partial charge in [0.05, 0.1) is 5.69 Å². The van der Waals surface area contributed by atoms with Crippen LogP contribution in [0.3, 0.4) is 0 Å². The van der Waals surface area contributed by atoms with Gasteiger partial charge in [-0.2, -0.15) is 5.10 Å². The van der Waals surface area contributed by atoms with Gasteiger partial charge >= 0.3 is 0 Å². The Hall–Kier alpha value is -1.85. The fourth-order valence-corrected chi connectivity index (χ4v) is 3.94. The van der Waals surface area contributed by atoms with Crippen molar-refractivity contribution in [2.24, 2.45) is 0 Å². The summed E-state index contributed by atoms with van der Waals surface area (Å²) in [6.07, 6.45) is 4.28. The van der Waals surface area contributed by atoms with Crippen LogP contribution in [0, 0.1) is 6.92 Å². The first-order valence-corrected chi connectivity index (χ1v) is 9.34. The molecule has 4 rings (SSSR count). The number of hydrogen-bond acceptors (Lipinski definition) is 3. The van der Waals surface area contributed by atoms with E-state index < -0.39 is 0 Å². The number of aromatic nitrogens is 2. The van der Waals surface area contributed by atoms with E-state index in [1.54, 1.807) is 0 Å². The summed E-state index contributed by atoms with van der Waals surface area (Å²) in [7, 11) is 0. The first kappa shape index (κ1) is 18.9. The highest BCUT2D eigenvalue weighted by molar-refractivity contribution is 5.94. The summed E-state index contributed by atoms with van der Waals surface area (Å²) in [4.78, 5) is 15.1. The minimum absolute atomic E-state index is 0. The van der Waals surface area contributed by atoms with Gasteiger partial charge in [-0.3, -0.25) is 4.79 Å². The maximum atomic E-state index is 13.1. The second-order valence-electron chi connectivity index (χ2n) is 7.33. The third kappa shape index (κ3) is 3.51. The molecule has 2 heterocycles. The quantitative estimate of drug-likeness (QED) is 0.879. The van der Waals surface area contributed by atoms with Gasteiger partial charge in [0.25, 0.3) is 5.91 Å². The Morgan fingerprint density at radius 3 is 2.65 bits per heavy atom. The van der Waals surface area contributed by atoms with E-state index >= 15 is 0 Å². The zero-order valence-corrected chi connectivity index (χ0v) is 16.3. The van der Waals surface area contributed by atoms with Crippen LogP contribution in [0.4, 0.5) is 0 Å². The molecular weight excluding hydrogens is 348 g/mol. The van der Waals surface area contributed by atoms with Crippen molar-refractivity contribution in [3.8, 4) is 5.69 Å². The molecule has 1 N–H and O–H groups in total. The van der Waals surface area contributed by atoms with E-state index in [9.17, 15) is 4.79 Å². The summed E-state index contributed by atoms with van der Waals surface area (Å²) in [6, 6.07) is 8.74. The van der Waals surface area contributed by atoms with Crippen molar-refractivity contribution in [1.82, 2.24) is 20.0 Å². The first-order valence-electron chi connectivity index (χ1n) is 9.34. The Morgan fingerprint density at radius 2 is 1.92 bits per heavy atom. The number of aryl methyl sites for hydroxylation is 1. The van der Waals surface area contributed by atoms with Gasteiger partial charge in [-0.25, -0.2) is 4.68 Å². The molecular formula is C20H27ClN4O. The van der Waals surface area contributed by atoms with Crippen LogP contribution in [-0.2, 0) is 12.8 Å². The van der Waals surface area contributed by atoms with Crippen LogP contribution in [0.25, 0.3) is 5.69 Å². The largest absolute Gasteiger partial charge is 0.334 e. The first-order chi connectivity index (χ1) is 12.1. The van der Waals surface area contributed by atoms with Crippen LogP contribution in [0.15, 0.2) is 24.3 Å². The van der Waals surface area contributed by atoms with Gasteiger partial charge in [-0.05, 0) is 51.7 Å². The maximum Gasteiger partial charge on any atom is 0.274 e. The fourth-order valence-electron chi connectivity index (χ4n) is 3.94. The molecule has 0 bridgehead atoms. The number of carbonyl (C=O) groups is 1. The minimum atomic E-state index is 0. The number of piperazine rings is 1. The molecule has 6 heteroatoms. The molecule has 140 valence electrons. The van der Waals surface area contributed by atoms with Gasteiger partial charge in [0.2, 0.25) is 0 Å². The number of nitrogens with zero attached hydrogens (tertiary/aromatic N) is 3. The van der Waals surface area contributed by atoms with Crippen LogP contribution in [0.2, 0.25) is 0 Å². The molecule has 1 aliphatic carbocycles. The Balaban J connectivity index is 0.00000196. The lowest BCUT2D eigenvalue weighted by molar-refractivity contribution is 0.0701. The topological polar surface area (TPSA) is 50.2 Å². The van der Waals surface area contributed by atoms with E-state index in [-0.39, 0.29) is 18.3 Å². The Kier molecular flexibility index (Phi) is 5.68. The lowest BCUT2D eigenvalue weighted by Gasteiger charge is -2.31. The predicted molar refractivity (Wildman–Crippen MR) is 106 cm³/mol. The van der Waals surface area contributed by atoms with Crippen molar-refractivity contribution in [2.45, 2.75) is 45.6 Å². The molecule has 1 saturated heterocycles. The van der Waals surface area contributed by atoms with Gasteiger partial charge < -0.3 is 10.2 Å². The van der Waals surface area contributed by atoms with E-state index in [0.717, 1.165) is 44.6 Å². The van der Waals surface area contributed by atoms with Crippen LogP contribution in [-0.4, -0.2) is 46.3 Å². The van der Waals surface area contributed by atoms with Gasteiger partial charge in [0.15, 0.2) is 5.69 Å². The minimum Gasteiger partial charge on any atom is -0.334 e. The molecule has 0 spiro atoms.